The van der Waals surface area contributed by atoms with Gasteiger partial charge in [0.15, 0.2) is 0 Å². The van der Waals surface area contributed by atoms with Gasteiger partial charge in [-0.1, -0.05) is 82.5 Å². The van der Waals surface area contributed by atoms with E-state index in [1.165, 1.54) is 45.7 Å². The second-order valence-electron chi connectivity index (χ2n) is 7.34. The van der Waals surface area contributed by atoms with Gasteiger partial charge in [-0.25, -0.2) is 4.98 Å². The summed E-state index contributed by atoms with van der Waals surface area (Å²) in [5.74, 6) is 1.06. The number of allylic oxidation sites excluding steroid dienone is 3. The van der Waals surface area contributed by atoms with Gasteiger partial charge < -0.3 is 0 Å². The van der Waals surface area contributed by atoms with E-state index in [0.717, 1.165) is 18.7 Å². The van der Waals surface area contributed by atoms with Crippen LogP contribution < -0.4 is 0 Å². The van der Waals surface area contributed by atoms with Crippen molar-refractivity contribution >= 4 is 23.1 Å². The lowest BCUT2D eigenvalue weighted by atomic mass is 10.0. The number of thiophene rings is 1. The van der Waals surface area contributed by atoms with Crippen molar-refractivity contribution in [2.45, 2.75) is 67.2 Å². The lowest BCUT2D eigenvalue weighted by molar-refractivity contribution is 0.886. The second-order valence-corrected chi connectivity index (χ2v) is 8.25. The minimum Gasteiger partial charge on any atom is -0.299 e. The van der Waals surface area contributed by atoms with Crippen LogP contribution in [0.25, 0.3) is 22.3 Å². The van der Waals surface area contributed by atoms with Crippen LogP contribution in [-0.2, 0) is 6.42 Å². The topological polar surface area (TPSA) is 17.8 Å². The summed E-state index contributed by atoms with van der Waals surface area (Å²) in [7, 11) is 0. The zero-order valence-corrected chi connectivity index (χ0v) is 20.2. The molecule has 0 unspecified atom stereocenters. The number of hydrogen-bond donors (Lipinski definition) is 0. The summed E-state index contributed by atoms with van der Waals surface area (Å²) in [4.78, 5) is 6.02. The van der Waals surface area contributed by atoms with E-state index in [0.29, 0.717) is 0 Å². The molecule has 0 atom stereocenters. The molecule has 0 fully saturated rings. The Bertz CT molecular complexity index is 970. The molecule has 3 heterocycles. The molecule has 0 spiro atoms. The molecule has 160 valence electrons. The van der Waals surface area contributed by atoms with Crippen molar-refractivity contribution in [1.82, 2.24) is 9.55 Å². The molecule has 4 rings (SSSR count). The van der Waals surface area contributed by atoms with Gasteiger partial charge in [-0.2, -0.15) is 0 Å². The van der Waals surface area contributed by atoms with Crippen LogP contribution in [-0.4, -0.2) is 9.55 Å². The number of rotatable bonds is 4. The highest BCUT2D eigenvalue weighted by Gasteiger charge is 2.16. The van der Waals surface area contributed by atoms with Crippen molar-refractivity contribution < 1.29 is 0 Å². The average molecular weight is 421 g/mol. The molecule has 2 aromatic heterocycles. The van der Waals surface area contributed by atoms with E-state index in [2.05, 4.69) is 86.3 Å². The molecular formula is C27H36N2S. The zero-order chi connectivity index (χ0) is 21.9. The molecular weight excluding hydrogens is 384 g/mol. The Kier molecular flexibility index (Phi) is 9.82. The third-order valence-electron chi connectivity index (χ3n) is 4.80. The van der Waals surface area contributed by atoms with Gasteiger partial charge in [-0.05, 0) is 48.4 Å². The standard InChI is InChI=1S/C21H20N2S.C4H10.C2H6/c1-15-6-5-7-17(10-15)12-18-8-3-4-9-23-19(13-22-21(18)23)20-11-16(2)14-24-20;1-3-4-2;1-2/h4-11,13-14H,3,12H2,1-2H3;3-4H2,1-2H3;1-2H3. The largest absolute Gasteiger partial charge is 0.299 e. The maximum absolute atomic E-state index is 4.75. The molecule has 1 aliphatic rings. The molecule has 0 saturated heterocycles. The van der Waals surface area contributed by atoms with E-state index < -0.39 is 0 Å². The van der Waals surface area contributed by atoms with Crippen LogP contribution in [0.15, 0.2) is 54.1 Å². The summed E-state index contributed by atoms with van der Waals surface area (Å²) in [6.45, 7) is 12.6. The van der Waals surface area contributed by atoms with E-state index in [-0.39, 0.29) is 0 Å². The van der Waals surface area contributed by atoms with E-state index in [4.69, 9.17) is 4.98 Å². The first-order valence-corrected chi connectivity index (χ1v) is 12.0. The van der Waals surface area contributed by atoms with Gasteiger partial charge in [0.25, 0.3) is 0 Å². The van der Waals surface area contributed by atoms with Crippen molar-refractivity contribution in [2.24, 2.45) is 0 Å². The number of imidazole rings is 1. The van der Waals surface area contributed by atoms with Crippen LogP contribution in [0.3, 0.4) is 0 Å². The minimum absolute atomic E-state index is 0.920. The first kappa shape index (κ1) is 23.9. The predicted molar refractivity (Wildman–Crippen MR) is 135 cm³/mol. The molecule has 0 amide bonds. The third kappa shape index (κ3) is 6.30. The van der Waals surface area contributed by atoms with Crippen molar-refractivity contribution in [2.75, 3.05) is 0 Å². The average Bonchev–Trinajstić information content (AvgIpc) is 3.33. The van der Waals surface area contributed by atoms with Gasteiger partial charge in [-0.3, -0.25) is 4.57 Å². The Hall–Kier alpha value is -2.39. The first-order chi connectivity index (χ1) is 14.6. The van der Waals surface area contributed by atoms with Crippen molar-refractivity contribution in [1.29, 1.82) is 0 Å². The first-order valence-electron chi connectivity index (χ1n) is 11.2. The summed E-state index contributed by atoms with van der Waals surface area (Å²) in [6.07, 6.45) is 13.2. The van der Waals surface area contributed by atoms with Gasteiger partial charge >= 0.3 is 0 Å². The van der Waals surface area contributed by atoms with Gasteiger partial charge in [0.1, 0.15) is 5.82 Å². The molecule has 0 aliphatic carbocycles. The quantitative estimate of drug-likeness (QED) is 0.413. The number of fused-ring (bicyclic) bond motifs is 1. The number of unbranched alkanes of at least 4 members (excludes halogenated alkanes) is 1. The molecule has 3 aromatic rings. The lowest BCUT2D eigenvalue weighted by Gasteiger charge is -2.09. The van der Waals surface area contributed by atoms with Crippen molar-refractivity contribution in [3.8, 4) is 10.6 Å². The highest BCUT2D eigenvalue weighted by atomic mass is 32.1. The third-order valence-corrected chi connectivity index (χ3v) is 5.87. The Labute approximate surface area is 187 Å². The van der Waals surface area contributed by atoms with E-state index >= 15 is 0 Å². The fraction of sp³-hybridized carbons (Fsp3) is 0.370. The minimum atomic E-state index is 0.920. The highest BCUT2D eigenvalue weighted by Crippen LogP contribution is 2.32. The normalized spacial score (nSPS) is 12.0. The summed E-state index contributed by atoms with van der Waals surface area (Å²) < 4.78 is 2.24. The van der Waals surface area contributed by atoms with Gasteiger partial charge in [0, 0.05) is 12.6 Å². The Morgan fingerprint density at radius 2 is 1.80 bits per heavy atom. The summed E-state index contributed by atoms with van der Waals surface area (Å²) >= 11 is 1.78. The van der Waals surface area contributed by atoms with Crippen LogP contribution in [0.5, 0.6) is 0 Å². The number of nitrogens with zero attached hydrogens (tertiary/aromatic N) is 2. The van der Waals surface area contributed by atoms with Gasteiger partial charge in [-0.15, -0.1) is 11.3 Å². The molecule has 3 heteroatoms. The van der Waals surface area contributed by atoms with Crippen LogP contribution >= 0.6 is 11.3 Å². The molecule has 2 nitrogen and oxygen atoms in total. The van der Waals surface area contributed by atoms with Crippen molar-refractivity contribution in [3.05, 3.63) is 76.6 Å². The van der Waals surface area contributed by atoms with E-state index in [9.17, 15) is 0 Å². The Morgan fingerprint density at radius 3 is 2.43 bits per heavy atom. The zero-order valence-electron chi connectivity index (χ0n) is 19.4. The van der Waals surface area contributed by atoms with Crippen LogP contribution in [0.1, 0.15) is 69.5 Å². The molecule has 1 aromatic carbocycles. The fourth-order valence-corrected chi connectivity index (χ4v) is 4.06. The molecule has 0 saturated carbocycles. The number of aryl methyl sites for hydroxylation is 2. The van der Waals surface area contributed by atoms with E-state index in [1.54, 1.807) is 11.3 Å². The number of hydrogen-bond acceptors (Lipinski definition) is 2. The monoisotopic (exact) mass is 420 g/mol. The van der Waals surface area contributed by atoms with Gasteiger partial charge in [0.2, 0.25) is 0 Å². The van der Waals surface area contributed by atoms with Crippen LogP contribution in [0.2, 0.25) is 0 Å². The van der Waals surface area contributed by atoms with E-state index in [1.807, 2.05) is 20.0 Å². The maximum Gasteiger partial charge on any atom is 0.140 e. The summed E-state index contributed by atoms with van der Waals surface area (Å²) in [6, 6.07) is 11.0. The highest BCUT2D eigenvalue weighted by molar-refractivity contribution is 7.13. The van der Waals surface area contributed by atoms with Crippen LogP contribution in [0.4, 0.5) is 0 Å². The smallest absolute Gasteiger partial charge is 0.140 e. The fourth-order valence-electron chi connectivity index (χ4n) is 3.16. The Morgan fingerprint density at radius 1 is 1.03 bits per heavy atom. The van der Waals surface area contributed by atoms with Crippen LogP contribution in [0, 0.1) is 13.8 Å². The second kappa shape index (κ2) is 12.3. The Balaban J connectivity index is 0.000000481. The lowest BCUT2D eigenvalue weighted by Crippen LogP contribution is -1.99. The number of aromatic nitrogens is 2. The summed E-state index contributed by atoms with van der Waals surface area (Å²) in [5, 5.41) is 2.19. The SMILES string of the molecule is CC.CCCC.Cc1cccc(CC2=CCC=Cn3c(-c4cc(C)cs4)cnc32)c1. The number of benzene rings is 1. The van der Waals surface area contributed by atoms with Crippen molar-refractivity contribution in [3.63, 3.8) is 0 Å². The predicted octanol–water partition coefficient (Wildman–Crippen LogP) is 8.56. The molecule has 0 radical (unpaired) electrons. The maximum atomic E-state index is 4.75. The molecule has 0 N–H and O–H groups in total. The molecule has 0 bridgehead atoms. The summed E-state index contributed by atoms with van der Waals surface area (Å²) in [5.41, 5.74) is 6.42. The van der Waals surface area contributed by atoms with Gasteiger partial charge in [0.05, 0.1) is 16.8 Å². The molecule has 30 heavy (non-hydrogen) atoms. The molecule has 1 aliphatic heterocycles.